The second-order valence-electron chi connectivity index (χ2n) is 5.51. The number of ether oxygens (including phenoxy) is 1. The van der Waals surface area contributed by atoms with Crippen molar-refractivity contribution in [3.63, 3.8) is 0 Å². The molecule has 0 aliphatic heterocycles. The summed E-state index contributed by atoms with van der Waals surface area (Å²) in [6, 6.07) is 7.57. The first-order valence-corrected chi connectivity index (χ1v) is 7.99. The van der Waals surface area contributed by atoms with Crippen LogP contribution >= 0.6 is 15.9 Å². The summed E-state index contributed by atoms with van der Waals surface area (Å²) in [5.41, 5.74) is 0.776. The van der Waals surface area contributed by atoms with E-state index >= 15 is 0 Å². The van der Waals surface area contributed by atoms with Gasteiger partial charge in [-0.05, 0) is 37.9 Å². The number of benzene rings is 1. The molecule has 1 aliphatic rings. The lowest BCUT2D eigenvalue weighted by atomic mass is 10.1. The van der Waals surface area contributed by atoms with Crippen molar-refractivity contribution in [2.45, 2.75) is 19.3 Å². The van der Waals surface area contributed by atoms with Crippen LogP contribution in [-0.4, -0.2) is 44.0 Å². The van der Waals surface area contributed by atoms with Gasteiger partial charge in [0.25, 0.3) is 0 Å². The molecule has 1 saturated carbocycles. The fraction of sp³-hybridized carbons (Fsp3) is 0.562. The molecule has 0 saturated heterocycles. The predicted molar refractivity (Wildman–Crippen MR) is 84.1 cm³/mol. The van der Waals surface area contributed by atoms with Gasteiger partial charge in [-0.1, -0.05) is 28.1 Å². The summed E-state index contributed by atoms with van der Waals surface area (Å²) in [5.74, 6) is 1.01. The molecule has 4 heteroatoms. The summed E-state index contributed by atoms with van der Waals surface area (Å²) < 4.78 is 6.55. The highest BCUT2D eigenvalue weighted by molar-refractivity contribution is 9.10. The molecule has 20 heavy (non-hydrogen) atoms. The SMILES string of the molecule is CN(CCOCC1CC1)CCC(=O)c1cccc(Br)c1. The minimum Gasteiger partial charge on any atom is -0.380 e. The number of carbonyl (C=O) groups excluding carboxylic acids is 1. The summed E-state index contributed by atoms with van der Waals surface area (Å²) in [6.45, 7) is 3.33. The van der Waals surface area contributed by atoms with Crippen LogP contribution in [0.5, 0.6) is 0 Å². The monoisotopic (exact) mass is 339 g/mol. The highest BCUT2D eigenvalue weighted by Crippen LogP contribution is 2.28. The fourth-order valence-corrected chi connectivity index (χ4v) is 2.36. The Hall–Kier alpha value is -0.710. The van der Waals surface area contributed by atoms with E-state index in [1.807, 2.05) is 31.3 Å². The van der Waals surface area contributed by atoms with Gasteiger partial charge in [0.2, 0.25) is 0 Å². The number of ketones is 1. The molecule has 3 nitrogen and oxygen atoms in total. The van der Waals surface area contributed by atoms with Crippen LogP contribution in [0.1, 0.15) is 29.6 Å². The first kappa shape index (κ1) is 15.7. The lowest BCUT2D eigenvalue weighted by molar-refractivity contribution is 0.0918. The number of hydrogen-bond donors (Lipinski definition) is 0. The third kappa shape index (κ3) is 5.73. The van der Waals surface area contributed by atoms with E-state index in [4.69, 9.17) is 4.74 Å². The van der Waals surface area contributed by atoms with Crippen molar-refractivity contribution < 1.29 is 9.53 Å². The first-order valence-electron chi connectivity index (χ1n) is 7.20. The summed E-state index contributed by atoms with van der Waals surface area (Å²) in [7, 11) is 2.04. The molecule has 0 unspecified atom stereocenters. The van der Waals surface area contributed by atoms with Crippen molar-refractivity contribution in [1.29, 1.82) is 0 Å². The van der Waals surface area contributed by atoms with E-state index in [9.17, 15) is 4.79 Å². The number of halogens is 1. The molecule has 1 aliphatic carbocycles. The second-order valence-corrected chi connectivity index (χ2v) is 6.42. The van der Waals surface area contributed by atoms with Crippen LogP contribution in [0.2, 0.25) is 0 Å². The zero-order valence-corrected chi connectivity index (χ0v) is 13.6. The summed E-state index contributed by atoms with van der Waals surface area (Å²) in [6.07, 6.45) is 3.21. The zero-order valence-electron chi connectivity index (χ0n) is 12.0. The lowest BCUT2D eigenvalue weighted by Crippen LogP contribution is -2.26. The minimum atomic E-state index is 0.192. The Labute approximate surface area is 129 Å². The van der Waals surface area contributed by atoms with E-state index in [-0.39, 0.29) is 5.78 Å². The van der Waals surface area contributed by atoms with Crippen molar-refractivity contribution >= 4 is 21.7 Å². The Morgan fingerprint density at radius 1 is 1.40 bits per heavy atom. The number of likely N-dealkylation sites (N-methyl/N-ethyl adjacent to an activating group) is 1. The van der Waals surface area contributed by atoms with Gasteiger partial charge < -0.3 is 9.64 Å². The van der Waals surface area contributed by atoms with Crippen LogP contribution < -0.4 is 0 Å². The largest absolute Gasteiger partial charge is 0.380 e. The van der Waals surface area contributed by atoms with Crippen molar-refractivity contribution in [1.82, 2.24) is 4.90 Å². The number of carbonyl (C=O) groups is 1. The Bertz CT molecular complexity index is 446. The first-order chi connectivity index (χ1) is 9.65. The molecule has 0 amide bonds. The van der Waals surface area contributed by atoms with E-state index in [2.05, 4.69) is 20.8 Å². The van der Waals surface area contributed by atoms with Gasteiger partial charge in [0.05, 0.1) is 6.61 Å². The van der Waals surface area contributed by atoms with Crippen molar-refractivity contribution in [3.05, 3.63) is 34.3 Å². The zero-order chi connectivity index (χ0) is 14.4. The second kappa shape index (κ2) is 7.91. The Balaban J connectivity index is 1.61. The van der Waals surface area contributed by atoms with Crippen molar-refractivity contribution in [2.75, 3.05) is 33.4 Å². The molecule has 0 bridgehead atoms. The Kier molecular flexibility index (Phi) is 6.20. The van der Waals surface area contributed by atoms with Crippen LogP contribution in [-0.2, 0) is 4.74 Å². The third-order valence-electron chi connectivity index (χ3n) is 3.54. The Morgan fingerprint density at radius 2 is 2.20 bits per heavy atom. The number of nitrogens with zero attached hydrogens (tertiary/aromatic N) is 1. The van der Waals surface area contributed by atoms with Gasteiger partial charge in [0.1, 0.15) is 0 Å². The lowest BCUT2D eigenvalue weighted by Gasteiger charge is -2.16. The van der Waals surface area contributed by atoms with Crippen molar-refractivity contribution in [2.24, 2.45) is 5.92 Å². The number of hydrogen-bond acceptors (Lipinski definition) is 3. The molecule has 1 aromatic rings. The average molecular weight is 340 g/mol. The van der Waals surface area contributed by atoms with Crippen LogP contribution in [0.3, 0.4) is 0 Å². The standard InChI is InChI=1S/C16H22BrNO2/c1-18(9-10-20-12-13-5-6-13)8-7-16(19)14-3-2-4-15(17)11-14/h2-4,11,13H,5-10,12H2,1H3. The molecule has 0 radical (unpaired) electrons. The average Bonchev–Trinajstić information content (AvgIpc) is 3.25. The molecule has 1 fully saturated rings. The maximum Gasteiger partial charge on any atom is 0.164 e. The molecule has 0 heterocycles. The predicted octanol–water partition coefficient (Wildman–Crippen LogP) is 3.38. The van der Waals surface area contributed by atoms with E-state index in [1.54, 1.807) is 0 Å². The van der Waals surface area contributed by atoms with Gasteiger partial charge in [0, 0.05) is 36.2 Å². The number of rotatable bonds is 9. The highest BCUT2D eigenvalue weighted by Gasteiger charge is 2.20. The van der Waals surface area contributed by atoms with Crippen LogP contribution in [0.4, 0.5) is 0 Å². The van der Waals surface area contributed by atoms with Crippen molar-refractivity contribution in [3.8, 4) is 0 Å². The van der Waals surface area contributed by atoms with Gasteiger partial charge >= 0.3 is 0 Å². The van der Waals surface area contributed by atoms with Crippen LogP contribution in [0.15, 0.2) is 28.7 Å². The molecule has 0 spiro atoms. The van der Waals surface area contributed by atoms with E-state index in [0.717, 1.165) is 42.3 Å². The van der Waals surface area contributed by atoms with Gasteiger partial charge in [-0.2, -0.15) is 0 Å². The van der Waals surface area contributed by atoms with Crippen LogP contribution in [0, 0.1) is 5.92 Å². The Morgan fingerprint density at radius 3 is 2.90 bits per heavy atom. The summed E-state index contributed by atoms with van der Waals surface area (Å²) >= 11 is 3.39. The normalized spacial score (nSPS) is 14.8. The molecule has 110 valence electrons. The number of Topliss-reactive ketones (excluding diaryl/α,β-unsaturated/α-hetero) is 1. The van der Waals surface area contributed by atoms with Gasteiger partial charge in [0.15, 0.2) is 5.78 Å². The smallest absolute Gasteiger partial charge is 0.164 e. The molecule has 0 N–H and O–H groups in total. The maximum absolute atomic E-state index is 12.1. The molecule has 0 atom stereocenters. The molecule has 2 rings (SSSR count). The van der Waals surface area contributed by atoms with Gasteiger partial charge in [-0.15, -0.1) is 0 Å². The third-order valence-corrected chi connectivity index (χ3v) is 4.03. The topological polar surface area (TPSA) is 29.5 Å². The molecular formula is C16H22BrNO2. The van der Waals surface area contributed by atoms with E-state index < -0.39 is 0 Å². The van der Waals surface area contributed by atoms with Gasteiger partial charge in [-0.25, -0.2) is 0 Å². The fourth-order valence-electron chi connectivity index (χ4n) is 1.97. The van der Waals surface area contributed by atoms with E-state index in [1.165, 1.54) is 12.8 Å². The highest BCUT2D eigenvalue weighted by atomic mass is 79.9. The minimum absolute atomic E-state index is 0.192. The van der Waals surface area contributed by atoms with Crippen LogP contribution in [0.25, 0.3) is 0 Å². The summed E-state index contributed by atoms with van der Waals surface area (Å²) in [4.78, 5) is 14.2. The summed E-state index contributed by atoms with van der Waals surface area (Å²) in [5, 5.41) is 0. The molecule has 0 aromatic heterocycles. The molecular weight excluding hydrogens is 318 g/mol. The molecule has 1 aromatic carbocycles. The quantitative estimate of drug-likeness (QED) is 0.510. The van der Waals surface area contributed by atoms with Gasteiger partial charge in [-0.3, -0.25) is 4.79 Å². The maximum atomic E-state index is 12.1. The van der Waals surface area contributed by atoms with E-state index in [0.29, 0.717) is 6.42 Å².